The van der Waals surface area contributed by atoms with Crippen LogP contribution in [0.3, 0.4) is 0 Å². The van der Waals surface area contributed by atoms with E-state index in [-0.39, 0.29) is 24.0 Å². The molecule has 2 fully saturated rings. The second kappa shape index (κ2) is 8.26. The van der Waals surface area contributed by atoms with Crippen molar-refractivity contribution in [3.8, 4) is 0 Å². The molecule has 9 heteroatoms. The van der Waals surface area contributed by atoms with E-state index in [1.807, 2.05) is 6.07 Å². The number of thiazole rings is 1. The lowest BCUT2D eigenvalue weighted by atomic mass is 10.3. The molecule has 1 aliphatic heterocycles. The van der Waals surface area contributed by atoms with Gasteiger partial charge < -0.3 is 15.5 Å². The maximum absolute atomic E-state index is 6.16. The van der Waals surface area contributed by atoms with Crippen molar-refractivity contribution in [3.05, 3.63) is 34.5 Å². The van der Waals surface area contributed by atoms with E-state index in [0.29, 0.717) is 18.4 Å². The molecule has 7 nitrogen and oxygen atoms in total. The number of guanidine groups is 1. The van der Waals surface area contributed by atoms with Crippen LogP contribution in [-0.2, 0) is 6.54 Å². The van der Waals surface area contributed by atoms with Crippen LogP contribution in [0.5, 0.6) is 0 Å². The average Bonchev–Trinajstić information content (AvgIpc) is 3.39. The lowest BCUT2D eigenvalue weighted by molar-refractivity contribution is 0.378. The van der Waals surface area contributed by atoms with E-state index in [4.69, 9.17) is 5.73 Å². The van der Waals surface area contributed by atoms with Crippen LogP contribution in [0.4, 0.5) is 5.95 Å². The minimum Gasteiger partial charge on any atom is -0.370 e. The zero-order valence-corrected chi connectivity index (χ0v) is 17.1. The maximum atomic E-state index is 6.16. The Labute approximate surface area is 168 Å². The molecule has 0 atom stereocenters. The lowest BCUT2D eigenvalue weighted by Crippen LogP contribution is -2.51. The third-order valence-corrected chi connectivity index (χ3v) is 5.23. The molecular weight excluding hydrogens is 449 g/mol. The van der Waals surface area contributed by atoms with Gasteiger partial charge in [0.15, 0.2) is 5.96 Å². The summed E-state index contributed by atoms with van der Waals surface area (Å²) in [7, 11) is 0. The van der Waals surface area contributed by atoms with Crippen molar-refractivity contribution in [2.24, 2.45) is 10.7 Å². The van der Waals surface area contributed by atoms with Crippen molar-refractivity contribution in [2.45, 2.75) is 25.3 Å². The van der Waals surface area contributed by atoms with Gasteiger partial charge in [0.25, 0.3) is 0 Å². The molecule has 2 N–H and O–H groups in total. The van der Waals surface area contributed by atoms with Crippen molar-refractivity contribution in [3.63, 3.8) is 0 Å². The van der Waals surface area contributed by atoms with Crippen LogP contribution in [-0.4, -0.2) is 52.0 Å². The molecule has 0 amide bonds. The fourth-order valence-corrected chi connectivity index (χ4v) is 3.60. The molecule has 2 aliphatic rings. The number of piperazine rings is 1. The van der Waals surface area contributed by atoms with E-state index in [9.17, 15) is 0 Å². The van der Waals surface area contributed by atoms with E-state index in [1.54, 1.807) is 23.7 Å². The number of anilines is 1. The van der Waals surface area contributed by atoms with E-state index >= 15 is 0 Å². The van der Waals surface area contributed by atoms with E-state index < -0.39 is 0 Å². The molecule has 2 aromatic heterocycles. The first kappa shape index (κ1) is 18.3. The minimum absolute atomic E-state index is 0. The molecule has 1 saturated heterocycles. The van der Waals surface area contributed by atoms with E-state index in [2.05, 4.69) is 35.1 Å². The van der Waals surface area contributed by atoms with Gasteiger partial charge >= 0.3 is 0 Å². The molecule has 2 aromatic rings. The number of rotatable bonds is 4. The van der Waals surface area contributed by atoms with Crippen molar-refractivity contribution < 1.29 is 0 Å². The number of nitrogens with two attached hydrogens (primary N) is 1. The van der Waals surface area contributed by atoms with Crippen LogP contribution in [0.25, 0.3) is 0 Å². The van der Waals surface area contributed by atoms with Crippen LogP contribution < -0.4 is 10.6 Å². The Bertz CT molecular complexity index is 708. The molecule has 0 bridgehead atoms. The largest absolute Gasteiger partial charge is 0.370 e. The lowest BCUT2D eigenvalue weighted by Gasteiger charge is -2.35. The zero-order chi connectivity index (χ0) is 16.4. The highest BCUT2D eigenvalue weighted by atomic mass is 127. The third kappa shape index (κ3) is 4.57. The molecule has 4 rings (SSSR count). The predicted octanol–water partition coefficient (Wildman–Crippen LogP) is 2.07. The van der Waals surface area contributed by atoms with Gasteiger partial charge in [0, 0.05) is 49.9 Å². The van der Waals surface area contributed by atoms with Gasteiger partial charge in [0.2, 0.25) is 5.95 Å². The summed E-state index contributed by atoms with van der Waals surface area (Å²) in [4.78, 5) is 22.1. The van der Waals surface area contributed by atoms with Crippen LogP contribution >= 0.6 is 35.3 Å². The first-order chi connectivity index (χ1) is 11.8. The van der Waals surface area contributed by atoms with E-state index in [1.165, 1.54) is 18.5 Å². The fourth-order valence-electron chi connectivity index (χ4n) is 2.80. The maximum Gasteiger partial charge on any atom is 0.225 e. The zero-order valence-electron chi connectivity index (χ0n) is 13.9. The number of aromatic nitrogens is 3. The Balaban J connectivity index is 0.00000182. The second-order valence-electron chi connectivity index (χ2n) is 6.14. The molecule has 0 unspecified atom stereocenters. The van der Waals surface area contributed by atoms with Crippen molar-refractivity contribution in [2.75, 3.05) is 31.1 Å². The molecule has 0 radical (unpaired) electrons. The number of nitrogens with zero attached hydrogens (tertiary/aromatic N) is 6. The Kier molecular flexibility index (Phi) is 6.05. The fraction of sp³-hybridized carbons (Fsp3) is 0.500. The van der Waals surface area contributed by atoms with Crippen molar-refractivity contribution >= 4 is 47.2 Å². The Hall–Kier alpha value is -1.49. The highest BCUT2D eigenvalue weighted by molar-refractivity contribution is 14.0. The molecule has 0 spiro atoms. The van der Waals surface area contributed by atoms with E-state index in [0.717, 1.165) is 37.1 Å². The van der Waals surface area contributed by atoms with Crippen LogP contribution in [0, 0.1) is 0 Å². The Morgan fingerprint density at radius 1 is 1.20 bits per heavy atom. The normalized spacial score (nSPS) is 18.2. The van der Waals surface area contributed by atoms with Crippen molar-refractivity contribution in [1.29, 1.82) is 0 Å². The van der Waals surface area contributed by atoms with Gasteiger partial charge in [-0.15, -0.1) is 35.3 Å². The molecule has 1 saturated carbocycles. The van der Waals surface area contributed by atoms with Gasteiger partial charge in [-0.1, -0.05) is 0 Å². The molecule has 3 heterocycles. The average molecular weight is 471 g/mol. The highest BCUT2D eigenvalue weighted by Crippen LogP contribution is 2.40. The first-order valence-electron chi connectivity index (χ1n) is 8.31. The molecule has 134 valence electrons. The number of hydrogen-bond acceptors (Lipinski definition) is 6. The molecule has 25 heavy (non-hydrogen) atoms. The molecule has 0 aromatic carbocycles. The summed E-state index contributed by atoms with van der Waals surface area (Å²) >= 11 is 1.69. The number of halogens is 1. The van der Waals surface area contributed by atoms with Gasteiger partial charge in [0.05, 0.1) is 12.2 Å². The molecule has 1 aliphatic carbocycles. The van der Waals surface area contributed by atoms with Crippen LogP contribution in [0.1, 0.15) is 29.5 Å². The van der Waals surface area contributed by atoms with Gasteiger partial charge in [-0.2, -0.15) is 0 Å². The summed E-state index contributed by atoms with van der Waals surface area (Å²) in [5, 5.41) is 3.22. The number of aliphatic imine (C=N–C) groups is 1. The predicted molar refractivity (Wildman–Crippen MR) is 111 cm³/mol. The second-order valence-corrected chi connectivity index (χ2v) is 7.08. The van der Waals surface area contributed by atoms with Gasteiger partial charge in [-0.3, -0.25) is 0 Å². The van der Waals surface area contributed by atoms with Gasteiger partial charge in [0.1, 0.15) is 5.01 Å². The monoisotopic (exact) mass is 471 g/mol. The quantitative estimate of drug-likeness (QED) is 0.418. The molecular formula is C16H22IN7S. The Morgan fingerprint density at radius 3 is 2.60 bits per heavy atom. The van der Waals surface area contributed by atoms with Crippen LogP contribution in [0.2, 0.25) is 0 Å². The summed E-state index contributed by atoms with van der Waals surface area (Å²) < 4.78 is 0. The summed E-state index contributed by atoms with van der Waals surface area (Å²) in [5.41, 5.74) is 7.40. The summed E-state index contributed by atoms with van der Waals surface area (Å²) in [6.45, 7) is 3.94. The topological polar surface area (TPSA) is 83.5 Å². The standard InChI is InChI=1S/C16H21N7S.HI/c17-15(20-10-14-21-13(11-24-14)12-2-3-12)22-6-8-23(9-7-22)16-18-4-1-5-19-16;/h1,4-5,11-12H,2-3,6-10H2,(H2,17,20);1H. The number of hydrogen-bond donors (Lipinski definition) is 1. The van der Waals surface area contributed by atoms with Crippen molar-refractivity contribution in [1.82, 2.24) is 19.9 Å². The highest BCUT2D eigenvalue weighted by Gasteiger charge is 2.26. The summed E-state index contributed by atoms with van der Waals surface area (Å²) in [6.07, 6.45) is 6.11. The minimum atomic E-state index is 0. The SMILES string of the molecule is I.NC(=NCc1nc(C2CC2)cs1)N1CCN(c2ncccn2)CC1. The van der Waals surface area contributed by atoms with Crippen LogP contribution in [0.15, 0.2) is 28.8 Å². The third-order valence-electron chi connectivity index (χ3n) is 4.38. The smallest absolute Gasteiger partial charge is 0.225 e. The van der Waals surface area contributed by atoms with Gasteiger partial charge in [-0.25, -0.2) is 19.9 Å². The first-order valence-corrected chi connectivity index (χ1v) is 9.19. The Morgan fingerprint density at radius 2 is 1.92 bits per heavy atom. The summed E-state index contributed by atoms with van der Waals surface area (Å²) in [6, 6.07) is 1.83. The van der Waals surface area contributed by atoms with Gasteiger partial charge in [-0.05, 0) is 18.9 Å². The summed E-state index contributed by atoms with van der Waals surface area (Å²) in [5.74, 6) is 2.08.